The number of carbonyl (C=O) groups excluding carboxylic acids is 1. The second kappa shape index (κ2) is 8.47. The van der Waals surface area contributed by atoms with Gasteiger partial charge >= 0.3 is 12.2 Å². The molecule has 0 saturated heterocycles. The number of aliphatic hydroxyl groups is 1. The minimum atomic E-state index is -4.42. The van der Waals surface area contributed by atoms with Crippen LogP contribution < -0.4 is 15.4 Å². The first kappa shape index (κ1) is 18.1. The number of halogens is 3. The van der Waals surface area contributed by atoms with Crippen molar-refractivity contribution in [3.8, 4) is 5.75 Å². The first-order valence-corrected chi connectivity index (χ1v) is 6.82. The second-order valence-electron chi connectivity index (χ2n) is 4.65. The van der Waals surface area contributed by atoms with Crippen LogP contribution in [0.1, 0.15) is 19.8 Å². The number of alkyl halides is 3. The van der Waals surface area contributed by atoms with Gasteiger partial charge in [-0.25, -0.2) is 4.79 Å². The van der Waals surface area contributed by atoms with Gasteiger partial charge in [0.1, 0.15) is 5.75 Å². The first-order valence-electron chi connectivity index (χ1n) is 6.82. The Morgan fingerprint density at radius 3 is 2.73 bits per heavy atom. The van der Waals surface area contributed by atoms with Crippen molar-refractivity contribution in [2.45, 2.75) is 32.0 Å². The van der Waals surface area contributed by atoms with Crippen LogP contribution in [0.2, 0.25) is 0 Å². The highest BCUT2D eigenvalue weighted by molar-refractivity contribution is 5.89. The number of hydrogen-bond acceptors (Lipinski definition) is 3. The summed E-state index contributed by atoms with van der Waals surface area (Å²) in [5.74, 6) is 0.0116. The molecule has 1 rings (SSSR count). The molecule has 0 saturated carbocycles. The molecule has 0 bridgehead atoms. The Morgan fingerprint density at radius 2 is 2.14 bits per heavy atom. The van der Waals surface area contributed by atoms with Gasteiger partial charge in [0.05, 0.1) is 0 Å². The molecule has 1 unspecified atom stereocenters. The molecule has 0 heterocycles. The monoisotopic (exact) mass is 320 g/mol. The topological polar surface area (TPSA) is 70.6 Å². The van der Waals surface area contributed by atoms with Crippen molar-refractivity contribution in [1.29, 1.82) is 0 Å². The van der Waals surface area contributed by atoms with E-state index in [1.54, 1.807) is 0 Å². The minimum Gasteiger partial charge on any atom is -0.484 e. The number of carbonyl (C=O) groups is 1. The molecule has 0 spiro atoms. The molecule has 5 nitrogen and oxygen atoms in total. The number of rotatable bonds is 7. The van der Waals surface area contributed by atoms with Crippen LogP contribution in [0.5, 0.6) is 5.75 Å². The normalized spacial score (nSPS) is 12.6. The molecular formula is C14H19F3N2O3. The standard InChI is InChI=1S/C14H19F3N2O3/c1-2-10(6-7-20)18-13(21)19-11-4-3-5-12(8-11)22-9-14(15,16)17/h3-5,8,10,20H,2,6-7,9H2,1H3,(H2,18,19,21). The molecule has 0 aliphatic carbocycles. The van der Waals surface area contributed by atoms with Crippen molar-refractivity contribution in [2.24, 2.45) is 0 Å². The Kier molecular flexibility index (Phi) is 6.97. The number of hydrogen-bond donors (Lipinski definition) is 3. The number of aliphatic hydroxyl groups excluding tert-OH is 1. The van der Waals surface area contributed by atoms with Crippen LogP contribution in [0.3, 0.4) is 0 Å². The van der Waals surface area contributed by atoms with E-state index in [-0.39, 0.29) is 18.4 Å². The van der Waals surface area contributed by atoms with E-state index in [1.165, 1.54) is 24.3 Å². The van der Waals surface area contributed by atoms with Gasteiger partial charge in [-0.2, -0.15) is 13.2 Å². The lowest BCUT2D eigenvalue weighted by Gasteiger charge is -2.16. The molecule has 1 aromatic carbocycles. The lowest BCUT2D eigenvalue weighted by atomic mass is 10.2. The van der Waals surface area contributed by atoms with E-state index in [0.29, 0.717) is 18.5 Å². The fraction of sp³-hybridized carbons (Fsp3) is 0.500. The zero-order valence-corrected chi connectivity index (χ0v) is 12.1. The highest BCUT2D eigenvalue weighted by Crippen LogP contribution is 2.21. The van der Waals surface area contributed by atoms with Crippen LogP contribution in [0.15, 0.2) is 24.3 Å². The largest absolute Gasteiger partial charge is 0.484 e. The SMILES string of the molecule is CCC(CCO)NC(=O)Nc1cccc(OCC(F)(F)F)c1. The predicted octanol–water partition coefficient (Wildman–Crippen LogP) is 2.91. The lowest BCUT2D eigenvalue weighted by Crippen LogP contribution is -2.38. The third-order valence-corrected chi connectivity index (χ3v) is 2.80. The number of ether oxygens (including phenoxy) is 1. The van der Waals surface area contributed by atoms with Gasteiger partial charge in [0.15, 0.2) is 6.61 Å². The summed E-state index contributed by atoms with van der Waals surface area (Å²) in [7, 11) is 0. The van der Waals surface area contributed by atoms with Gasteiger partial charge in [0.25, 0.3) is 0 Å². The van der Waals surface area contributed by atoms with Crippen LogP contribution in [-0.4, -0.2) is 36.6 Å². The Balaban J connectivity index is 2.56. The van der Waals surface area contributed by atoms with Gasteiger partial charge in [-0.15, -0.1) is 0 Å². The number of nitrogens with one attached hydrogen (secondary N) is 2. The smallest absolute Gasteiger partial charge is 0.422 e. The number of urea groups is 1. The van der Waals surface area contributed by atoms with E-state index in [2.05, 4.69) is 15.4 Å². The summed E-state index contributed by atoms with van der Waals surface area (Å²) in [5.41, 5.74) is 0.316. The van der Waals surface area contributed by atoms with Crippen molar-refractivity contribution >= 4 is 11.7 Å². The maximum Gasteiger partial charge on any atom is 0.422 e. The van der Waals surface area contributed by atoms with Gasteiger partial charge < -0.3 is 20.5 Å². The molecule has 1 atom stereocenters. The molecule has 8 heteroatoms. The molecule has 0 aliphatic rings. The highest BCUT2D eigenvalue weighted by atomic mass is 19.4. The van der Waals surface area contributed by atoms with Gasteiger partial charge in [-0.1, -0.05) is 13.0 Å². The zero-order chi connectivity index (χ0) is 16.6. The molecule has 0 fully saturated rings. The van der Waals surface area contributed by atoms with E-state index >= 15 is 0 Å². The molecular weight excluding hydrogens is 301 g/mol. The summed E-state index contributed by atoms with van der Waals surface area (Å²) in [4.78, 5) is 11.8. The summed E-state index contributed by atoms with van der Waals surface area (Å²) < 4.78 is 40.8. The average molecular weight is 320 g/mol. The van der Waals surface area contributed by atoms with Crippen molar-refractivity contribution < 1.29 is 27.8 Å². The Bertz CT molecular complexity index is 481. The fourth-order valence-corrected chi connectivity index (χ4v) is 1.72. The van der Waals surface area contributed by atoms with Crippen LogP contribution in [-0.2, 0) is 0 Å². The van der Waals surface area contributed by atoms with Crippen LogP contribution >= 0.6 is 0 Å². The van der Waals surface area contributed by atoms with Crippen LogP contribution in [0, 0.1) is 0 Å². The van der Waals surface area contributed by atoms with Gasteiger partial charge in [-0.05, 0) is 25.0 Å². The van der Waals surface area contributed by atoms with Crippen molar-refractivity contribution in [1.82, 2.24) is 5.32 Å². The Morgan fingerprint density at radius 1 is 1.41 bits per heavy atom. The van der Waals surface area contributed by atoms with Gasteiger partial charge in [0, 0.05) is 24.4 Å². The van der Waals surface area contributed by atoms with E-state index in [9.17, 15) is 18.0 Å². The van der Waals surface area contributed by atoms with Crippen LogP contribution in [0.25, 0.3) is 0 Å². The molecule has 0 aromatic heterocycles. The molecule has 1 aromatic rings. The molecule has 124 valence electrons. The number of benzene rings is 1. The lowest BCUT2D eigenvalue weighted by molar-refractivity contribution is -0.153. The van der Waals surface area contributed by atoms with Crippen molar-refractivity contribution in [3.63, 3.8) is 0 Å². The molecule has 0 radical (unpaired) electrons. The van der Waals surface area contributed by atoms with E-state index in [0.717, 1.165) is 0 Å². The Labute approximate surface area is 126 Å². The number of amides is 2. The summed E-state index contributed by atoms with van der Waals surface area (Å²) >= 11 is 0. The quantitative estimate of drug-likeness (QED) is 0.723. The Hall–Kier alpha value is -1.96. The van der Waals surface area contributed by atoms with Crippen LogP contribution in [0.4, 0.5) is 23.7 Å². The van der Waals surface area contributed by atoms with Crippen molar-refractivity contribution in [2.75, 3.05) is 18.5 Å². The maximum absolute atomic E-state index is 12.1. The molecule has 0 aliphatic heterocycles. The fourth-order valence-electron chi connectivity index (χ4n) is 1.72. The van der Waals surface area contributed by atoms with Gasteiger partial charge in [0.2, 0.25) is 0 Å². The van der Waals surface area contributed by atoms with E-state index in [4.69, 9.17) is 5.11 Å². The zero-order valence-electron chi connectivity index (χ0n) is 12.1. The molecule has 2 amide bonds. The van der Waals surface area contributed by atoms with E-state index < -0.39 is 18.8 Å². The second-order valence-corrected chi connectivity index (χ2v) is 4.65. The summed E-state index contributed by atoms with van der Waals surface area (Å²) in [6, 6.07) is 5.02. The van der Waals surface area contributed by atoms with Gasteiger partial charge in [-0.3, -0.25) is 0 Å². The third-order valence-electron chi connectivity index (χ3n) is 2.80. The highest BCUT2D eigenvalue weighted by Gasteiger charge is 2.28. The first-order chi connectivity index (χ1) is 10.3. The molecule has 22 heavy (non-hydrogen) atoms. The average Bonchev–Trinajstić information content (AvgIpc) is 2.44. The summed E-state index contributed by atoms with van der Waals surface area (Å²) in [6.45, 7) is 0.433. The molecule has 3 N–H and O–H groups in total. The maximum atomic E-state index is 12.1. The predicted molar refractivity (Wildman–Crippen MR) is 75.9 cm³/mol. The minimum absolute atomic E-state index is 0.0116. The van der Waals surface area contributed by atoms with E-state index in [1.807, 2.05) is 6.92 Å². The number of anilines is 1. The third kappa shape index (κ3) is 7.16. The van der Waals surface area contributed by atoms with Crippen molar-refractivity contribution in [3.05, 3.63) is 24.3 Å². The summed E-state index contributed by atoms with van der Waals surface area (Å²) in [5, 5.41) is 14.0. The summed E-state index contributed by atoms with van der Waals surface area (Å²) in [6.07, 6.45) is -3.33.